The van der Waals surface area contributed by atoms with E-state index in [4.69, 9.17) is 4.74 Å². The summed E-state index contributed by atoms with van der Waals surface area (Å²) in [5.74, 6) is 0.682. The summed E-state index contributed by atoms with van der Waals surface area (Å²) in [5.41, 5.74) is 9.53. The van der Waals surface area contributed by atoms with Gasteiger partial charge in [-0.25, -0.2) is 4.39 Å². The Morgan fingerprint density at radius 3 is 3.11 bits per heavy atom. The van der Waals surface area contributed by atoms with Crippen LogP contribution in [0.5, 0.6) is 5.75 Å². The van der Waals surface area contributed by atoms with E-state index in [0.717, 1.165) is 30.9 Å². The molecule has 0 spiro atoms. The van der Waals surface area contributed by atoms with Crippen LogP contribution in [-0.4, -0.2) is 26.4 Å². The van der Waals surface area contributed by atoms with Gasteiger partial charge in [-0.2, -0.15) is 0 Å². The molecule has 2 aliphatic rings. The molecule has 102 valence electrons. The van der Waals surface area contributed by atoms with E-state index in [0.29, 0.717) is 5.75 Å². The van der Waals surface area contributed by atoms with Crippen LogP contribution in [0.3, 0.4) is 0 Å². The van der Waals surface area contributed by atoms with Gasteiger partial charge in [0.2, 0.25) is 0 Å². The van der Waals surface area contributed by atoms with Crippen molar-refractivity contribution in [2.45, 2.75) is 6.42 Å². The lowest BCUT2D eigenvalue weighted by atomic mass is 10.1. The molecule has 5 nitrogen and oxygen atoms in total. The molecule has 0 radical (unpaired) electrons. The average Bonchev–Trinajstić information content (AvgIpc) is 2.89. The maximum Gasteiger partial charge on any atom is 0.144 e. The zero-order valence-electron chi connectivity index (χ0n) is 10.6. The highest BCUT2D eigenvalue weighted by Gasteiger charge is 2.27. The van der Waals surface area contributed by atoms with E-state index in [-0.39, 0.29) is 6.61 Å². The topological polar surface area (TPSA) is 48.6 Å². The van der Waals surface area contributed by atoms with Crippen LogP contribution in [0.15, 0.2) is 35.7 Å². The van der Waals surface area contributed by atoms with Crippen molar-refractivity contribution in [3.05, 3.63) is 35.7 Å². The van der Waals surface area contributed by atoms with E-state index in [9.17, 15) is 4.39 Å². The minimum atomic E-state index is -0.488. The maximum absolute atomic E-state index is 12.3. The summed E-state index contributed by atoms with van der Waals surface area (Å²) in [6.07, 6.45) is 0.937. The normalized spacial score (nSPS) is 18.3. The van der Waals surface area contributed by atoms with Crippen LogP contribution in [-0.2, 0) is 0 Å². The number of benzene rings is 1. The molecule has 19 heavy (non-hydrogen) atoms. The van der Waals surface area contributed by atoms with Gasteiger partial charge in [-0.05, 0) is 12.1 Å². The van der Waals surface area contributed by atoms with E-state index in [1.165, 1.54) is 5.70 Å². The molecule has 1 aromatic carbocycles. The molecule has 0 aromatic heterocycles. The number of nitrogens with zero attached hydrogens (tertiary/aromatic N) is 1. The monoisotopic (exact) mass is 264 g/mol. The Bertz CT molecular complexity index is 491. The van der Waals surface area contributed by atoms with Gasteiger partial charge in [0.05, 0.1) is 11.4 Å². The van der Waals surface area contributed by atoms with Crippen molar-refractivity contribution < 1.29 is 9.13 Å². The molecule has 0 aliphatic carbocycles. The molecule has 0 amide bonds. The van der Waals surface area contributed by atoms with Gasteiger partial charge in [-0.15, -0.1) is 5.53 Å². The van der Waals surface area contributed by atoms with Crippen LogP contribution in [0, 0.1) is 0 Å². The fraction of sp³-hybridized carbons (Fsp3) is 0.385. The lowest BCUT2D eigenvalue weighted by Crippen LogP contribution is -2.38. The van der Waals surface area contributed by atoms with Gasteiger partial charge in [0.25, 0.3) is 0 Å². The Kier molecular flexibility index (Phi) is 3.52. The molecule has 6 heteroatoms. The van der Waals surface area contributed by atoms with E-state index in [1.54, 1.807) is 0 Å². The van der Waals surface area contributed by atoms with Gasteiger partial charge in [0, 0.05) is 19.5 Å². The van der Waals surface area contributed by atoms with Crippen LogP contribution < -0.4 is 26.0 Å². The number of hydrazine groups is 2. The number of hydrogen-bond acceptors (Lipinski definition) is 5. The van der Waals surface area contributed by atoms with Crippen molar-refractivity contribution in [1.82, 2.24) is 16.3 Å². The zero-order valence-corrected chi connectivity index (χ0v) is 10.6. The molecule has 3 rings (SSSR count). The molecule has 0 unspecified atom stereocenters. The Morgan fingerprint density at radius 2 is 2.21 bits per heavy atom. The molecule has 0 saturated heterocycles. The standard InChI is InChI=1S/C13H17FN4O/c14-6-8-19-13-4-2-1-3-12(13)18-11-5-7-15-9-10(11)16-17-18/h1-4,15-17H,5-9H2. The number of ether oxygens (including phenoxy) is 1. The molecular formula is C13H17FN4O. The lowest BCUT2D eigenvalue weighted by Gasteiger charge is -2.24. The highest BCUT2D eigenvalue weighted by atomic mass is 19.1. The molecule has 2 aliphatic heterocycles. The van der Waals surface area contributed by atoms with Crippen LogP contribution in [0.4, 0.5) is 10.1 Å². The van der Waals surface area contributed by atoms with E-state index in [2.05, 4.69) is 16.3 Å². The predicted molar refractivity (Wildman–Crippen MR) is 71.2 cm³/mol. The summed E-state index contributed by atoms with van der Waals surface area (Å²) < 4.78 is 17.7. The summed E-state index contributed by atoms with van der Waals surface area (Å²) in [4.78, 5) is 0. The third-order valence-corrected chi connectivity index (χ3v) is 3.22. The Labute approximate surface area is 111 Å². The van der Waals surface area contributed by atoms with E-state index in [1.807, 2.05) is 29.3 Å². The van der Waals surface area contributed by atoms with Gasteiger partial charge >= 0.3 is 0 Å². The van der Waals surface area contributed by atoms with Crippen molar-refractivity contribution in [3.8, 4) is 5.75 Å². The molecule has 3 N–H and O–H groups in total. The fourth-order valence-electron chi connectivity index (χ4n) is 2.35. The highest BCUT2D eigenvalue weighted by Crippen LogP contribution is 2.32. The van der Waals surface area contributed by atoms with Crippen molar-refractivity contribution in [3.63, 3.8) is 0 Å². The molecular weight excluding hydrogens is 247 g/mol. The van der Waals surface area contributed by atoms with E-state index < -0.39 is 6.67 Å². The number of halogens is 1. The second-order valence-electron chi connectivity index (χ2n) is 4.43. The fourth-order valence-corrected chi connectivity index (χ4v) is 2.35. The largest absolute Gasteiger partial charge is 0.489 e. The second-order valence-corrected chi connectivity index (χ2v) is 4.43. The minimum Gasteiger partial charge on any atom is -0.489 e. The van der Waals surface area contributed by atoms with Gasteiger partial charge in [0.1, 0.15) is 24.7 Å². The quantitative estimate of drug-likeness (QED) is 0.759. The first-order chi connectivity index (χ1) is 9.40. The maximum atomic E-state index is 12.3. The number of alkyl halides is 1. The van der Waals surface area contributed by atoms with E-state index >= 15 is 0 Å². The summed E-state index contributed by atoms with van der Waals surface area (Å²) in [6.45, 7) is 1.36. The molecule has 0 bridgehead atoms. The van der Waals surface area contributed by atoms with Gasteiger partial charge in [-0.3, -0.25) is 5.01 Å². The van der Waals surface area contributed by atoms with Crippen LogP contribution in [0.2, 0.25) is 0 Å². The smallest absolute Gasteiger partial charge is 0.144 e. The Morgan fingerprint density at radius 1 is 1.32 bits per heavy atom. The first-order valence-corrected chi connectivity index (χ1v) is 6.42. The van der Waals surface area contributed by atoms with Gasteiger partial charge in [-0.1, -0.05) is 12.1 Å². The van der Waals surface area contributed by atoms with Gasteiger partial charge < -0.3 is 15.5 Å². The SMILES string of the molecule is FCCOc1ccccc1N1NNC2=C1CCNC2. The van der Waals surface area contributed by atoms with Crippen LogP contribution in [0.1, 0.15) is 6.42 Å². The third kappa shape index (κ3) is 2.36. The molecule has 0 fully saturated rings. The Hall–Kier alpha value is -1.79. The van der Waals surface area contributed by atoms with Crippen molar-refractivity contribution in [1.29, 1.82) is 0 Å². The summed E-state index contributed by atoms with van der Waals surface area (Å²) in [5, 5.41) is 5.29. The molecule has 0 atom stereocenters. The predicted octanol–water partition coefficient (Wildman–Crippen LogP) is 1.07. The van der Waals surface area contributed by atoms with Gasteiger partial charge in [0.15, 0.2) is 0 Å². The highest BCUT2D eigenvalue weighted by molar-refractivity contribution is 5.62. The van der Waals surface area contributed by atoms with Crippen molar-refractivity contribution >= 4 is 5.69 Å². The second kappa shape index (κ2) is 5.46. The number of nitrogens with one attached hydrogen (secondary N) is 3. The summed E-state index contributed by atoms with van der Waals surface area (Å²) in [6, 6.07) is 7.64. The first-order valence-electron chi connectivity index (χ1n) is 6.42. The third-order valence-electron chi connectivity index (χ3n) is 3.22. The zero-order chi connectivity index (χ0) is 13.1. The number of anilines is 1. The van der Waals surface area contributed by atoms with Crippen molar-refractivity contribution in [2.75, 3.05) is 31.4 Å². The molecule has 1 aromatic rings. The van der Waals surface area contributed by atoms with Crippen molar-refractivity contribution in [2.24, 2.45) is 0 Å². The average molecular weight is 264 g/mol. The Balaban J connectivity index is 1.88. The number of rotatable bonds is 4. The van der Waals surface area contributed by atoms with Crippen LogP contribution >= 0.6 is 0 Å². The molecule has 0 saturated carbocycles. The minimum absolute atomic E-state index is 0.0751. The van der Waals surface area contributed by atoms with Crippen LogP contribution in [0.25, 0.3) is 0 Å². The lowest BCUT2D eigenvalue weighted by molar-refractivity contribution is 0.273. The summed E-state index contributed by atoms with van der Waals surface area (Å²) in [7, 11) is 0. The molecule has 2 heterocycles. The number of hydrogen-bond donors (Lipinski definition) is 3. The number of para-hydroxylation sites is 2. The first kappa shape index (κ1) is 12.3. The summed E-state index contributed by atoms with van der Waals surface area (Å²) >= 11 is 0.